The van der Waals surface area contributed by atoms with Gasteiger partial charge in [-0.1, -0.05) is 24.4 Å². The third-order valence-electron chi connectivity index (χ3n) is 3.22. The molecule has 0 amide bonds. The van der Waals surface area contributed by atoms with E-state index < -0.39 is 4.87 Å². The van der Waals surface area contributed by atoms with Crippen LogP contribution in [0.2, 0.25) is 0 Å². The number of Topliss-reactive ketones (excluding diaryl/α,β-unsaturated/α-hetero) is 1. The summed E-state index contributed by atoms with van der Waals surface area (Å²) in [6.45, 7) is 2.79. The number of para-hydroxylation sites is 2. The number of hydrogen-bond donors (Lipinski definition) is 1. The summed E-state index contributed by atoms with van der Waals surface area (Å²) in [4.78, 5) is 11.6. The molecule has 4 nitrogen and oxygen atoms in total. The fraction of sp³-hybridized carbons (Fsp3) is 0.467. The van der Waals surface area contributed by atoms with E-state index in [2.05, 4.69) is 5.32 Å². The third kappa shape index (κ3) is 3.96. The molecule has 1 atom stereocenters. The minimum absolute atomic E-state index is 0.0750. The Labute approximate surface area is 134 Å². The van der Waals surface area contributed by atoms with Gasteiger partial charge in [0.25, 0.3) is 0 Å². The summed E-state index contributed by atoms with van der Waals surface area (Å²) < 4.78 is 11.2. The van der Waals surface area contributed by atoms with Crippen LogP contribution in [0.5, 0.6) is 11.5 Å². The fourth-order valence-electron chi connectivity index (χ4n) is 2.17. The second-order valence-corrected chi connectivity index (χ2v) is 6.73. The standard InChI is InChI=1S/C15H19NO3S2/c1-11(17)9-14(20)15(16-7-8-21-15)10-19-13-6-4-3-5-12(13)18-2/h3-6,16H,7-10H2,1-2H3. The number of hydrogen-bond acceptors (Lipinski definition) is 6. The number of carbonyl (C=O) groups excluding carboxylic acids is 1. The summed E-state index contributed by atoms with van der Waals surface area (Å²) in [6.07, 6.45) is 0.296. The Morgan fingerprint density at radius 3 is 2.71 bits per heavy atom. The normalized spacial score (nSPS) is 21.0. The van der Waals surface area contributed by atoms with Gasteiger partial charge in [-0.15, -0.1) is 11.8 Å². The lowest BCUT2D eigenvalue weighted by Crippen LogP contribution is -2.49. The molecular formula is C15H19NO3S2. The highest BCUT2D eigenvalue weighted by molar-refractivity contribution is 8.02. The lowest BCUT2D eigenvalue weighted by atomic mass is 10.1. The first-order chi connectivity index (χ1) is 10.1. The predicted octanol–water partition coefficient (Wildman–Crippen LogP) is 2.46. The molecule has 1 heterocycles. The molecule has 1 N–H and O–H groups in total. The van der Waals surface area contributed by atoms with Gasteiger partial charge in [0.05, 0.1) is 7.11 Å². The van der Waals surface area contributed by atoms with Gasteiger partial charge in [-0.05, 0) is 19.1 Å². The molecule has 0 aliphatic carbocycles. The monoisotopic (exact) mass is 325 g/mol. The van der Waals surface area contributed by atoms with Gasteiger partial charge in [0.1, 0.15) is 17.3 Å². The summed E-state index contributed by atoms with van der Waals surface area (Å²) in [5, 5.41) is 3.39. The molecule has 2 rings (SSSR count). The molecule has 1 unspecified atom stereocenters. The number of methoxy groups -OCH3 is 1. The Bertz CT molecular complexity index is 527. The van der Waals surface area contributed by atoms with E-state index in [1.54, 1.807) is 25.8 Å². The van der Waals surface area contributed by atoms with Gasteiger partial charge < -0.3 is 9.47 Å². The van der Waals surface area contributed by atoms with Crippen molar-refractivity contribution in [1.82, 2.24) is 5.32 Å². The topological polar surface area (TPSA) is 47.6 Å². The molecule has 1 saturated heterocycles. The second-order valence-electron chi connectivity index (χ2n) is 4.84. The number of nitrogens with one attached hydrogen (secondary N) is 1. The van der Waals surface area contributed by atoms with Crippen LogP contribution in [0.15, 0.2) is 24.3 Å². The van der Waals surface area contributed by atoms with E-state index in [0.29, 0.717) is 29.4 Å². The molecule has 1 aromatic rings. The van der Waals surface area contributed by atoms with Crippen molar-refractivity contribution in [1.29, 1.82) is 0 Å². The van der Waals surface area contributed by atoms with Gasteiger partial charge >= 0.3 is 0 Å². The molecule has 1 aliphatic heterocycles. The van der Waals surface area contributed by atoms with E-state index in [-0.39, 0.29) is 5.78 Å². The van der Waals surface area contributed by atoms with E-state index in [1.165, 1.54) is 0 Å². The molecule has 1 aliphatic rings. The van der Waals surface area contributed by atoms with Gasteiger partial charge in [0, 0.05) is 23.6 Å². The Hall–Kier alpha value is -1.11. The van der Waals surface area contributed by atoms with Crippen molar-refractivity contribution in [2.24, 2.45) is 0 Å². The number of benzene rings is 1. The van der Waals surface area contributed by atoms with Crippen molar-refractivity contribution in [2.45, 2.75) is 18.2 Å². The maximum absolute atomic E-state index is 11.3. The molecule has 114 valence electrons. The average molecular weight is 325 g/mol. The van der Waals surface area contributed by atoms with Gasteiger partial charge in [0.2, 0.25) is 0 Å². The lowest BCUT2D eigenvalue weighted by Gasteiger charge is -2.29. The molecular weight excluding hydrogens is 306 g/mol. The van der Waals surface area contributed by atoms with Crippen LogP contribution in [0.25, 0.3) is 0 Å². The van der Waals surface area contributed by atoms with E-state index in [1.807, 2.05) is 24.3 Å². The SMILES string of the molecule is COc1ccccc1OCC1(C(=S)CC(C)=O)NCCS1. The van der Waals surface area contributed by atoms with Crippen LogP contribution in [0.1, 0.15) is 13.3 Å². The smallest absolute Gasteiger partial charge is 0.161 e. The van der Waals surface area contributed by atoms with Gasteiger partial charge in [-0.25, -0.2) is 0 Å². The molecule has 0 spiro atoms. The quantitative estimate of drug-likeness (QED) is 0.777. The van der Waals surface area contributed by atoms with Crippen LogP contribution in [0.4, 0.5) is 0 Å². The highest BCUT2D eigenvalue weighted by atomic mass is 32.2. The molecule has 0 aromatic heterocycles. The maximum atomic E-state index is 11.3. The summed E-state index contributed by atoms with van der Waals surface area (Å²) in [5.74, 6) is 2.39. The minimum atomic E-state index is -0.470. The van der Waals surface area contributed by atoms with Crippen LogP contribution in [-0.2, 0) is 4.79 Å². The zero-order chi connectivity index (χ0) is 15.3. The van der Waals surface area contributed by atoms with Crippen LogP contribution in [0, 0.1) is 0 Å². The molecule has 0 radical (unpaired) electrons. The van der Waals surface area contributed by atoms with Crippen molar-refractivity contribution in [3.05, 3.63) is 24.3 Å². The van der Waals surface area contributed by atoms with Gasteiger partial charge in [-0.2, -0.15) is 0 Å². The number of carbonyl (C=O) groups is 1. The van der Waals surface area contributed by atoms with E-state index in [9.17, 15) is 4.79 Å². The van der Waals surface area contributed by atoms with E-state index >= 15 is 0 Å². The molecule has 1 fully saturated rings. The maximum Gasteiger partial charge on any atom is 0.161 e. The predicted molar refractivity (Wildman–Crippen MR) is 89.6 cm³/mol. The van der Waals surface area contributed by atoms with E-state index in [4.69, 9.17) is 21.7 Å². The zero-order valence-electron chi connectivity index (χ0n) is 12.2. The highest BCUT2D eigenvalue weighted by Gasteiger charge is 2.40. The molecule has 1 aromatic carbocycles. The Kier molecular flexibility index (Phi) is 5.61. The number of ether oxygens (including phenoxy) is 2. The minimum Gasteiger partial charge on any atom is -0.493 e. The Morgan fingerprint density at radius 1 is 1.43 bits per heavy atom. The van der Waals surface area contributed by atoms with Crippen molar-refractivity contribution >= 4 is 34.6 Å². The fourth-order valence-corrected chi connectivity index (χ4v) is 3.81. The largest absolute Gasteiger partial charge is 0.493 e. The Morgan fingerprint density at radius 2 is 2.14 bits per heavy atom. The van der Waals surface area contributed by atoms with Gasteiger partial charge in [0.15, 0.2) is 11.5 Å². The number of thiocarbonyl (C=S) groups is 1. The zero-order valence-corrected chi connectivity index (χ0v) is 13.8. The number of rotatable bonds is 7. The molecule has 21 heavy (non-hydrogen) atoms. The van der Waals surface area contributed by atoms with Crippen molar-refractivity contribution in [2.75, 3.05) is 26.0 Å². The second kappa shape index (κ2) is 7.24. The summed E-state index contributed by atoms with van der Waals surface area (Å²) >= 11 is 7.17. The first-order valence-corrected chi connectivity index (χ1v) is 8.14. The molecule has 6 heteroatoms. The van der Waals surface area contributed by atoms with Crippen molar-refractivity contribution in [3.8, 4) is 11.5 Å². The van der Waals surface area contributed by atoms with Crippen LogP contribution in [0.3, 0.4) is 0 Å². The van der Waals surface area contributed by atoms with Crippen LogP contribution >= 0.6 is 24.0 Å². The van der Waals surface area contributed by atoms with Gasteiger partial charge in [-0.3, -0.25) is 10.1 Å². The first-order valence-electron chi connectivity index (χ1n) is 6.75. The van der Waals surface area contributed by atoms with Crippen molar-refractivity contribution < 1.29 is 14.3 Å². The Balaban J connectivity index is 2.10. The number of thioether (sulfide) groups is 1. The molecule has 0 saturated carbocycles. The highest BCUT2D eigenvalue weighted by Crippen LogP contribution is 2.33. The average Bonchev–Trinajstić information content (AvgIpc) is 2.95. The van der Waals surface area contributed by atoms with Crippen LogP contribution < -0.4 is 14.8 Å². The first kappa shape index (κ1) is 16.3. The third-order valence-corrected chi connectivity index (χ3v) is 5.25. The van der Waals surface area contributed by atoms with E-state index in [0.717, 1.165) is 12.3 Å². The summed E-state index contributed by atoms with van der Waals surface area (Å²) in [7, 11) is 1.61. The van der Waals surface area contributed by atoms with Crippen LogP contribution in [-0.4, -0.2) is 41.5 Å². The molecule has 0 bridgehead atoms. The lowest BCUT2D eigenvalue weighted by molar-refractivity contribution is -0.115. The summed E-state index contributed by atoms with van der Waals surface area (Å²) in [6, 6.07) is 7.50. The van der Waals surface area contributed by atoms with Crippen molar-refractivity contribution in [3.63, 3.8) is 0 Å². The summed E-state index contributed by atoms with van der Waals surface area (Å²) in [5.41, 5.74) is 0. The number of ketones is 1.